The quantitative estimate of drug-likeness (QED) is 0.806. The van der Waals surface area contributed by atoms with E-state index >= 15 is 0 Å². The van der Waals surface area contributed by atoms with Crippen molar-refractivity contribution in [2.75, 3.05) is 14.1 Å². The summed E-state index contributed by atoms with van der Waals surface area (Å²) >= 11 is 0. The van der Waals surface area contributed by atoms with Crippen molar-refractivity contribution in [2.24, 2.45) is 0 Å². The molecule has 19 heavy (non-hydrogen) atoms. The molecule has 0 amide bonds. The van der Waals surface area contributed by atoms with Gasteiger partial charge in [0.05, 0.1) is 6.26 Å². The van der Waals surface area contributed by atoms with E-state index < -0.39 is 0 Å². The van der Waals surface area contributed by atoms with E-state index in [1.807, 2.05) is 55.5 Å². The first kappa shape index (κ1) is 13.3. The molecule has 1 heterocycles. The minimum atomic E-state index is 0.562. The van der Waals surface area contributed by atoms with Gasteiger partial charge in [0.15, 0.2) is 5.76 Å². The fourth-order valence-electron chi connectivity index (χ4n) is 1.67. The van der Waals surface area contributed by atoms with Gasteiger partial charge in [-0.05, 0) is 11.6 Å². The Kier molecular flexibility index (Phi) is 4.67. The first-order valence-corrected chi connectivity index (χ1v) is 6.32. The monoisotopic (exact) mass is 257 g/mol. The molecule has 0 N–H and O–H groups in total. The number of hydrogen-bond acceptors (Lipinski definition) is 3. The first-order valence-electron chi connectivity index (χ1n) is 6.32. The van der Waals surface area contributed by atoms with Crippen LogP contribution >= 0.6 is 0 Å². The highest BCUT2D eigenvalue weighted by atomic mass is 16.5. The van der Waals surface area contributed by atoms with Gasteiger partial charge in [-0.15, -0.1) is 0 Å². The van der Waals surface area contributed by atoms with Crippen molar-refractivity contribution in [2.45, 2.75) is 13.0 Å². The number of hydrogen-bond donors (Lipinski definition) is 0. The smallest absolute Gasteiger partial charge is 0.165 e. The van der Waals surface area contributed by atoms with E-state index in [2.05, 4.69) is 12.1 Å². The van der Waals surface area contributed by atoms with E-state index in [4.69, 9.17) is 9.47 Å². The molecule has 0 saturated heterocycles. The molecule has 3 nitrogen and oxygen atoms in total. The molecule has 0 fully saturated rings. The van der Waals surface area contributed by atoms with Gasteiger partial charge in [-0.25, -0.2) is 0 Å². The number of allylic oxidation sites excluding steroid dienone is 2. The Labute approximate surface area is 114 Å². The maximum absolute atomic E-state index is 5.85. The molecule has 0 spiro atoms. The Balaban J connectivity index is 2.02. The lowest BCUT2D eigenvalue weighted by molar-refractivity contribution is 0.167. The SMILES string of the molecule is CN(C)/C=C/C1=C(OCc2ccccc2)CC=CO1. The van der Waals surface area contributed by atoms with Gasteiger partial charge in [0.1, 0.15) is 12.4 Å². The normalized spacial score (nSPS) is 14.6. The molecular formula is C16H19NO2. The van der Waals surface area contributed by atoms with Crippen LogP contribution in [0.2, 0.25) is 0 Å². The fraction of sp³-hybridized carbons (Fsp3) is 0.250. The van der Waals surface area contributed by atoms with Crippen LogP contribution in [0.5, 0.6) is 0 Å². The molecule has 0 radical (unpaired) electrons. The molecule has 0 bridgehead atoms. The third kappa shape index (κ3) is 4.21. The minimum Gasteiger partial charge on any atom is -0.489 e. The van der Waals surface area contributed by atoms with Crippen LogP contribution in [0.1, 0.15) is 12.0 Å². The first-order chi connectivity index (χ1) is 9.25. The van der Waals surface area contributed by atoms with Crippen LogP contribution in [-0.2, 0) is 16.1 Å². The van der Waals surface area contributed by atoms with E-state index in [9.17, 15) is 0 Å². The van der Waals surface area contributed by atoms with Gasteiger partial charge in [0.25, 0.3) is 0 Å². The molecular weight excluding hydrogens is 238 g/mol. The topological polar surface area (TPSA) is 21.7 Å². The molecule has 100 valence electrons. The van der Waals surface area contributed by atoms with Crippen molar-refractivity contribution in [1.29, 1.82) is 0 Å². The average molecular weight is 257 g/mol. The van der Waals surface area contributed by atoms with Crippen molar-refractivity contribution >= 4 is 0 Å². The van der Waals surface area contributed by atoms with Crippen LogP contribution in [0.15, 0.2) is 66.5 Å². The summed E-state index contributed by atoms with van der Waals surface area (Å²) in [7, 11) is 3.94. The average Bonchev–Trinajstić information content (AvgIpc) is 2.45. The van der Waals surface area contributed by atoms with Crippen molar-refractivity contribution in [1.82, 2.24) is 4.90 Å². The van der Waals surface area contributed by atoms with Crippen LogP contribution in [0.3, 0.4) is 0 Å². The standard InChI is InChI=1S/C16H19NO2/c1-17(2)11-10-16-15(9-6-12-18-16)19-13-14-7-4-3-5-8-14/h3-8,10-12H,9,13H2,1-2H3/b11-10+. The second kappa shape index (κ2) is 6.69. The molecule has 2 rings (SSSR count). The van der Waals surface area contributed by atoms with Gasteiger partial charge < -0.3 is 14.4 Å². The Hall–Kier alpha value is -2.16. The molecule has 0 aliphatic carbocycles. The molecule has 1 aromatic carbocycles. The number of rotatable bonds is 5. The molecule has 1 aliphatic heterocycles. The van der Waals surface area contributed by atoms with Crippen LogP contribution in [0.25, 0.3) is 0 Å². The van der Waals surface area contributed by atoms with Crippen LogP contribution in [0, 0.1) is 0 Å². The molecule has 0 saturated carbocycles. The lowest BCUT2D eigenvalue weighted by Gasteiger charge is -2.16. The van der Waals surface area contributed by atoms with Gasteiger partial charge >= 0.3 is 0 Å². The molecule has 1 aliphatic rings. The van der Waals surface area contributed by atoms with Gasteiger partial charge in [-0.3, -0.25) is 0 Å². The van der Waals surface area contributed by atoms with Gasteiger partial charge in [-0.1, -0.05) is 30.3 Å². The molecule has 0 aromatic heterocycles. The van der Waals surface area contributed by atoms with E-state index in [1.54, 1.807) is 6.26 Å². The molecule has 3 heteroatoms. The fourth-order valence-corrected chi connectivity index (χ4v) is 1.67. The predicted molar refractivity (Wildman–Crippen MR) is 75.9 cm³/mol. The van der Waals surface area contributed by atoms with Gasteiger partial charge in [-0.2, -0.15) is 0 Å². The van der Waals surface area contributed by atoms with Crippen LogP contribution in [-0.4, -0.2) is 19.0 Å². The van der Waals surface area contributed by atoms with E-state index in [-0.39, 0.29) is 0 Å². The lowest BCUT2D eigenvalue weighted by atomic mass is 10.2. The summed E-state index contributed by atoms with van der Waals surface area (Å²) in [5.41, 5.74) is 1.15. The van der Waals surface area contributed by atoms with E-state index in [1.165, 1.54) is 0 Å². The van der Waals surface area contributed by atoms with E-state index in [0.29, 0.717) is 6.61 Å². The van der Waals surface area contributed by atoms with Crippen molar-refractivity contribution in [3.63, 3.8) is 0 Å². The van der Waals surface area contributed by atoms with Crippen LogP contribution in [0.4, 0.5) is 0 Å². The van der Waals surface area contributed by atoms with Gasteiger partial charge in [0.2, 0.25) is 0 Å². The van der Waals surface area contributed by atoms with Crippen molar-refractivity contribution in [3.05, 3.63) is 72.0 Å². The second-order valence-electron chi connectivity index (χ2n) is 4.53. The third-order valence-electron chi connectivity index (χ3n) is 2.65. The summed E-state index contributed by atoms with van der Waals surface area (Å²) in [5, 5.41) is 0. The number of nitrogens with zero attached hydrogens (tertiary/aromatic N) is 1. The van der Waals surface area contributed by atoms with Crippen molar-refractivity contribution < 1.29 is 9.47 Å². The predicted octanol–water partition coefficient (Wildman–Crippen LogP) is 3.42. The Morgan fingerprint density at radius 1 is 1.26 bits per heavy atom. The third-order valence-corrected chi connectivity index (χ3v) is 2.65. The minimum absolute atomic E-state index is 0.562. The highest BCUT2D eigenvalue weighted by Crippen LogP contribution is 2.20. The van der Waals surface area contributed by atoms with Crippen molar-refractivity contribution in [3.8, 4) is 0 Å². The summed E-state index contributed by atoms with van der Waals surface area (Å²) in [5.74, 6) is 1.64. The summed E-state index contributed by atoms with van der Waals surface area (Å²) in [6, 6.07) is 10.1. The molecule has 0 unspecified atom stereocenters. The lowest BCUT2D eigenvalue weighted by Crippen LogP contribution is -2.04. The zero-order valence-electron chi connectivity index (χ0n) is 11.4. The summed E-state index contributed by atoms with van der Waals surface area (Å²) in [6.45, 7) is 0.562. The second-order valence-corrected chi connectivity index (χ2v) is 4.53. The summed E-state index contributed by atoms with van der Waals surface area (Å²) in [6.07, 6.45) is 8.28. The maximum atomic E-state index is 5.85. The zero-order chi connectivity index (χ0) is 13.5. The molecule has 0 atom stereocenters. The zero-order valence-corrected chi connectivity index (χ0v) is 11.4. The van der Waals surface area contributed by atoms with Gasteiger partial charge in [0, 0.05) is 32.8 Å². The number of ether oxygens (including phenoxy) is 2. The van der Waals surface area contributed by atoms with Crippen LogP contribution < -0.4 is 0 Å². The maximum Gasteiger partial charge on any atom is 0.165 e. The molecule has 1 aromatic rings. The highest BCUT2D eigenvalue weighted by molar-refractivity contribution is 5.22. The number of benzene rings is 1. The summed E-state index contributed by atoms with van der Waals surface area (Å²) in [4.78, 5) is 1.96. The van der Waals surface area contributed by atoms with E-state index in [0.717, 1.165) is 23.5 Å². The largest absolute Gasteiger partial charge is 0.489 e. The summed E-state index contributed by atoms with van der Waals surface area (Å²) < 4.78 is 11.3. The highest BCUT2D eigenvalue weighted by Gasteiger charge is 2.10. The Bertz CT molecular complexity index is 487. The Morgan fingerprint density at radius 2 is 2.05 bits per heavy atom. The Morgan fingerprint density at radius 3 is 2.79 bits per heavy atom.